The monoisotopic (exact) mass is 208 g/mol. The Morgan fingerprint density at radius 3 is 2.40 bits per heavy atom. The zero-order valence-corrected chi connectivity index (χ0v) is 9.50. The minimum Gasteiger partial charge on any atom is -0.295 e. The first-order chi connectivity index (χ1) is 6.88. The highest BCUT2D eigenvalue weighted by atomic mass is 17.1. The lowest BCUT2D eigenvalue weighted by molar-refractivity contribution is -0.182. The maximum atomic E-state index is 11.4. The second-order valence-electron chi connectivity index (χ2n) is 4.63. The zero-order valence-electron chi connectivity index (χ0n) is 9.50. The molecule has 0 fully saturated rings. The van der Waals surface area contributed by atoms with Crippen LogP contribution in [0.4, 0.5) is 0 Å². The molecule has 82 valence electrons. The summed E-state index contributed by atoms with van der Waals surface area (Å²) in [7, 11) is 0. The van der Waals surface area contributed by atoms with E-state index in [2.05, 4.69) is 4.89 Å². The van der Waals surface area contributed by atoms with Gasteiger partial charge in [-0.3, -0.25) is 4.89 Å². The van der Waals surface area contributed by atoms with Gasteiger partial charge in [0.25, 0.3) is 0 Å². The van der Waals surface area contributed by atoms with Crippen molar-refractivity contribution >= 4 is 5.97 Å². The van der Waals surface area contributed by atoms with Crippen LogP contribution in [0.15, 0.2) is 18.2 Å². The van der Waals surface area contributed by atoms with Crippen molar-refractivity contribution in [2.45, 2.75) is 33.1 Å². The van der Waals surface area contributed by atoms with E-state index in [1.54, 1.807) is 12.1 Å². The van der Waals surface area contributed by atoms with Gasteiger partial charge in [-0.25, -0.2) is 4.79 Å². The number of carbonyl (C=O) groups excluding carboxylic acids is 1. The van der Waals surface area contributed by atoms with Crippen molar-refractivity contribution in [3.8, 4) is 0 Å². The Morgan fingerprint density at radius 1 is 1.33 bits per heavy atom. The maximum Gasteiger partial charge on any atom is 0.373 e. The molecule has 1 aromatic carbocycles. The SMILES string of the molecule is Cc1cccc(C(=O)OO)c1C(C)(C)C. The first-order valence-electron chi connectivity index (χ1n) is 4.83. The summed E-state index contributed by atoms with van der Waals surface area (Å²) in [5, 5.41) is 8.42. The Labute approximate surface area is 89.6 Å². The van der Waals surface area contributed by atoms with Gasteiger partial charge in [0.2, 0.25) is 0 Å². The minimum absolute atomic E-state index is 0.158. The third-order valence-corrected chi connectivity index (χ3v) is 2.33. The number of benzene rings is 1. The van der Waals surface area contributed by atoms with Gasteiger partial charge in [0.1, 0.15) is 0 Å². The third kappa shape index (κ3) is 2.36. The van der Waals surface area contributed by atoms with Gasteiger partial charge in [0.05, 0.1) is 5.56 Å². The van der Waals surface area contributed by atoms with Crippen LogP contribution in [0.3, 0.4) is 0 Å². The molecule has 0 spiro atoms. The van der Waals surface area contributed by atoms with Gasteiger partial charge in [-0.2, -0.15) is 5.26 Å². The standard InChI is InChI=1S/C12H16O3/c1-8-6-5-7-9(11(13)15-14)10(8)12(2,3)4/h5-7,14H,1-4H3. The van der Waals surface area contributed by atoms with Crippen molar-refractivity contribution in [2.75, 3.05) is 0 Å². The highest BCUT2D eigenvalue weighted by Gasteiger charge is 2.24. The molecule has 0 heterocycles. The Morgan fingerprint density at radius 2 is 1.93 bits per heavy atom. The van der Waals surface area contributed by atoms with Crippen LogP contribution in [-0.4, -0.2) is 11.2 Å². The molecule has 1 rings (SSSR count). The predicted molar refractivity (Wildman–Crippen MR) is 57.9 cm³/mol. The highest BCUT2D eigenvalue weighted by molar-refractivity contribution is 5.91. The van der Waals surface area contributed by atoms with Gasteiger partial charge in [0.15, 0.2) is 0 Å². The summed E-state index contributed by atoms with van der Waals surface area (Å²) in [6.45, 7) is 7.99. The minimum atomic E-state index is -0.705. The molecular weight excluding hydrogens is 192 g/mol. The summed E-state index contributed by atoms with van der Waals surface area (Å²) in [5.74, 6) is -0.705. The molecule has 0 radical (unpaired) electrons. The fourth-order valence-electron chi connectivity index (χ4n) is 1.88. The molecule has 0 aromatic heterocycles. The van der Waals surface area contributed by atoms with E-state index in [9.17, 15) is 4.79 Å². The van der Waals surface area contributed by atoms with Gasteiger partial charge in [-0.15, -0.1) is 0 Å². The van der Waals surface area contributed by atoms with Gasteiger partial charge in [-0.1, -0.05) is 32.9 Å². The molecule has 1 N–H and O–H groups in total. The summed E-state index contributed by atoms with van der Waals surface area (Å²) in [5.41, 5.74) is 2.19. The first kappa shape index (κ1) is 11.7. The zero-order chi connectivity index (χ0) is 11.6. The normalized spacial score (nSPS) is 11.3. The van der Waals surface area contributed by atoms with Crippen LogP contribution in [0.25, 0.3) is 0 Å². The van der Waals surface area contributed by atoms with Gasteiger partial charge < -0.3 is 0 Å². The highest BCUT2D eigenvalue weighted by Crippen LogP contribution is 2.29. The van der Waals surface area contributed by atoms with Crippen LogP contribution in [0.5, 0.6) is 0 Å². The molecule has 3 heteroatoms. The maximum absolute atomic E-state index is 11.4. The van der Waals surface area contributed by atoms with E-state index in [0.29, 0.717) is 5.56 Å². The quantitative estimate of drug-likeness (QED) is 0.570. The van der Waals surface area contributed by atoms with E-state index >= 15 is 0 Å². The van der Waals surface area contributed by atoms with Crippen molar-refractivity contribution in [2.24, 2.45) is 0 Å². The van der Waals surface area contributed by atoms with Gasteiger partial charge >= 0.3 is 5.97 Å². The molecule has 0 bridgehead atoms. The fraction of sp³-hybridized carbons (Fsp3) is 0.417. The Hall–Kier alpha value is -1.35. The molecule has 0 atom stereocenters. The lowest BCUT2D eigenvalue weighted by atomic mass is 9.81. The average molecular weight is 208 g/mol. The Kier molecular flexibility index (Phi) is 3.15. The van der Waals surface area contributed by atoms with Crippen LogP contribution in [0, 0.1) is 6.92 Å². The van der Waals surface area contributed by atoms with Crippen molar-refractivity contribution < 1.29 is 14.9 Å². The number of aryl methyl sites for hydroxylation is 1. The van der Waals surface area contributed by atoms with E-state index in [1.165, 1.54) is 0 Å². The van der Waals surface area contributed by atoms with Gasteiger partial charge in [-0.05, 0) is 29.5 Å². The Balaban J connectivity index is 3.40. The molecule has 3 nitrogen and oxygen atoms in total. The first-order valence-corrected chi connectivity index (χ1v) is 4.83. The number of carbonyl (C=O) groups is 1. The van der Waals surface area contributed by atoms with Crippen molar-refractivity contribution in [3.05, 3.63) is 34.9 Å². The van der Waals surface area contributed by atoms with Gasteiger partial charge in [0, 0.05) is 0 Å². The van der Waals surface area contributed by atoms with Crippen LogP contribution in [0.1, 0.15) is 42.3 Å². The van der Waals surface area contributed by atoms with E-state index in [4.69, 9.17) is 5.26 Å². The molecule has 0 amide bonds. The molecule has 15 heavy (non-hydrogen) atoms. The van der Waals surface area contributed by atoms with Crippen LogP contribution in [0.2, 0.25) is 0 Å². The summed E-state index contributed by atoms with van der Waals surface area (Å²) < 4.78 is 0. The van der Waals surface area contributed by atoms with E-state index in [-0.39, 0.29) is 5.41 Å². The molecule has 0 aliphatic carbocycles. The largest absolute Gasteiger partial charge is 0.373 e. The second kappa shape index (κ2) is 4.03. The summed E-state index contributed by atoms with van der Waals surface area (Å²) >= 11 is 0. The van der Waals surface area contributed by atoms with Crippen molar-refractivity contribution in [1.82, 2.24) is 0 Å². The van der Waals surface area contributed by atoms with E-state index in [0.717, 1.165) is 11.1 Å². The number of hydrogen-bond donors (Lipinski definition) is 1. The van der Waals surface area contributed by atoms with E-state index in [1.807, 2.05) is 33.8 Å². The topological polar surface area (TPSA) is 46.5 Å². The molecule has 0 unspecified atom stereocenters. The van der Waals surface area contributed by atoms with Crippen molar-refractivity contribution in [1.29, 1.82) is 0 Å². The number of hydrogen-bond acceptors (Lipinski definition) is 3. The number of rotatable bonds is 1. The molecule has 0 aliphatic rings. The summed E-state index contributed by atoms with van der Waals surface area (Å²) in [4.78, 5) is 15.1. The van der Waals surface area contributed by atoms with Crippen LogP contribution < -0.4 is 0 Å². The smallest absolute Gasteiger partial charge is 0.295 e. The molecule has 0 saturated heterocycles. The third-order valence-electron chi connectivity index (χ3n) is 2.33. The molecular formula is C12H16O3. The summed E-state index contributed by atoms with van der Waals surface area (Å²) in [6.07, 6.45) is 0. The average Bonchev–Trinajstić information content (AvgIpc) is 2.14. The molecule has 1 aromatic rings. The van der Waals surface area contributed by atoms with E-state index < -0.39 is 5.97 Å². The molecule has 0 aliphatic heterocycles. The van der Waals surface area contributed by atoms with Crippen LogP contribution in [-0.2, 0) is 10.3 Å². The lowest BCUT2D eigenvalue weighted by Crippen LogP contribution is -2.19. The second-order valence-corrected chi connectivity index (χ2v) is 4.63. The molecule has 0 saturated carbocycles. The lowest BCUT2D eigenvalue weighted by Gasteiger charge is -2.23. The summed E-state index contributed by atoms with van der Waals surface area (Å²) in [6, 6.07) is 5.37. The van der Waals surface area contributed by atoms with Crippen LogP contribution >= 0.6 is 0 Å². The Bertz CT molecular complexity index is 375. The fourth-order valence-corrected chi connectivity index (χ4v) is 1.88. The van der Waals surface area contributed by atoms with Crippen molar-refractivity contribution in [3.63, 3.8) is 0 Å². The predicted octanol–water partition coefficient (Wildman–Crippen LogP) is 2.92.